The number of nitrogens with two attached hydrogens (primary N) is 1. The number of imidazole rings is 1. The summed E-state index contributed by atoms with van der Waals surface area (Å²) in [5.74, 6) is -0.397. The second-order valence-corrected chi connectivity index (χ2v) is 7.04. The van der Waals surface area contributed by atoms with Gasteiger partial charge in [-0.3, -0.25) is 9.59 Å². The molecule has 0 saturated carbocycles. The highest BCUT2D eigenvalue weighted by Crippen LogP contribution is 2.33. The number of aromatic nitrogens is 2. The number of carbonyl (C=O) groups excluding carboxylic acids is 2. The smallest absolute Gasteiger partial charge is 0.287 e. The first-order chi connectivity index (χ1) is 14.1. The van der Waals surface area contributed by atoms with Gasteiger partial charge in [0, 0.05) is 19.5 Å². The number of H-pyrrole nitrogens is 1. The predicted molar refractivity (Wildman–Crippen MR) is 111 cm³/mol. The quantitative estimate of drug-likeness (QED) is 0.346. The normalized spacial score (nSPS) is 12.9. The molecule has 0 aliphatic carbocycles. The van der Waals surface area contributed by atoms with Crippen LogP contribution in [0.15, 0.2) is 36.5 Å². The maximum Gasteiger partial charge on any atom is 0.287 e. The van der Waals surface area contributed by atoms with Crippen molar-refractivity contribution in [3.63, 3.8) is 0 Å². The third kappa shape index (κ3) is 6.90. The highest BCUT2D eigenvalue weighted by molar-refractivity contribution is 5.90. The van der Waals surface area contributed by atoms with Crippen LogP contribution in [-0.4, -0.2) is 47.0 Å². The molecular weight excluding hydrogens is 370 g/mol. The van der Waals surface area contributed by atoms with Gasteiger partial charge in [0.25, 0.3) is 5.91 Å². The molecule has 2 aromatic rings. The minimum absolute atomic E-state index is 0.0400. The Hall–Kier alpha value is -2.87. The zero-order valence-corrected chi connectivity index (χ0v) is 16.9. The van der Waals surface area contributed by atoms with Crippen molar-refractivity contribution in [1.82, 2.24) is 20.6 Å². The molecule has 8 nitrogen and oxygen atoms in total. The van der Waals surface area contributed by atoms with E-state index in [1.54, 1.807) is 7.05 Å². The minimum Gasteiger partial charge on any atom is -0.493 e. The van der Waals surface area contributed by atoms with Crippen LogP contribution in [0.5, 0.6) is 5.88 Å². The molecule has 1 heterocycles. The van der Waals surface area contributed by atoms with Gasteiger partial charge in [0.1, 0.15) is 0 Å². The number of hydrogen-bond acceptors (Lipinski definition) is 5. The lowest BCUT2D eigenvalue weighted by molar-refractivity contribution is -0.125. The summed E-state index contributed by atoms with van der Waals surface area (Å²) in [4.78, 5) is 30.8. The summed E-state index contributed by atoms with van der Waals surface area (Å²) in [6, 6.07) is 10.1. The van der Waals surface area contributed by atoms with E-state index in [0.717, 1.165) is 37.7 Å². The molecule has 1 aromatic heterocycles. The summed E-state index contributed by atoms with van der Waals surface area (Å²) in [5, 5.41) is 14.8. The number of carbonyl (C=O) groups is 2. The Kier molecular flexibility index (Phi) is 9.17. The Morgan fingerprint density at radius 3 is 2.55 bits per heavy atom. The van der Waals surface area contributed by atoms with Crippen LogP contribution in [0.25, 0.3) is 0 Å². The van der Waals surface area contributed by atoms with Crippen molar-refractivity contribution in [2.45, 2.75) is 38.0 Å². The monoisotopic (exact) mass is 401 g/mol. The maximum absolute atomic E-state index is 12.5. The topological polar surface area (TPSA) is 133 Å². The van der Waals surface area contributed by atoms with Gasteiger partial charge in [-0.2, -0.15) is 0 Å². The lowest BCUT2D eigenvalue weighted by Crippen LogP contribution is -2.32. The Morgan fingerprint density at radius 2 is 1.93 bits per heavy atom. The summed E-state index contributed by atoms with van der Waals surface area (Å²) in [7, 11) is 1.67. The van der Waals surface area contributed by atoms with Crippen LogP contribution in [0.2, 0.25) is 0 Å². The van der Waals surface area contributed by atoms with Crippen molar-refractivity contribution in [1.29, 1.82) is 0 Å². The van der Waals surface area contributed by atoms with E-state index in [-0.39, 0.29) is 35.4 Å². The molecule has 2 unspecified atom stereocenters. The second-order valence-electron chi connectivity index (χ2n) is 7.04. The number of nitrogens with one attached hydrogen (secondary N) is 3. The lowest BCUT2D eigenvalue weighted by atomic mass is 9.79. The molecule has 1 aromatic carbocycles. The Balaban J connectivity index is 1.93. The molecule has 0 spiro atoms. The molecule has 158 valence electrons. The Bertz CT molecular complexity index is 763. The fourth-order valence-corrected chi connectivity index (χ4v) is 3.54. The number of amides is 2. The van der Waals surface area contributed by atoms with Crippen molar-refractivity contribution in [2.24, 2.45) is 11.7 Å². The van der Waals surface area contributed by atoms with Crippen LogP contribution in [0.4, 0.5) is 0 Å². The van der Waals surface area contributed by atoms with Crippen LogP contribution in [0.1, 0.15) is 54.2 Å². The molecule has 8 heteroatoms. The molecule has 0 aliphatic rings. The van der Waals surface area contributed by atoms with Crippen molar-refractivity contribution in [3.05, 3.63) is 47.9 Å². The van der Waals surface area contributed by atoms with Crippen molar-refractivity contribution in [2.75, 3.05) is 20.1 Å². The SMILES string of the molecule is CNC(=O)C(CCCN)C(CCCCNC(=O)c1ncc(O)[nH]1)c1ccccc1. The van der Waals surface area contributed by atoms with E-state index in [0.29, 0.717) is 13.1 Å². The molecular formula is C21H31N5O3. The number of nitrogens with zero attached hydrogens (tertiary/aromatic N) is 1. The summed E-state index contributed by atoms with van der Waals surface area (Å²) >= 11 is 0. The van der Waals surface area contributed by atoms with Gasteiger partial charge in [-0.05, 0) is 43.7 Å². The third-order valence-corrected chi connectivity index (χ3v) is 5.02. The summed E-state index contributed by atoms with van der Waals surface area (Å²) in [6.45, 7) is 1.05. The van der Waals surface area contributed by atoms with Gasteiger partial charge in [-0.25, -0.2) is 4.98 Å². The van der Waals surface area contributed by atoms with Gasteiger partial charge < -0.3 is 26.5 Å². The van der Waals surface area contributed by atoms with Gasteiger partial charge in [-0.15, -0.1) is 0 Å². The summed E-state index contributed by atoms with van der Waals surface area (Å²) in [5.41, 5.74) is 6.83. The number of hydrogen-bond donors (Lipinski definition) is 5. The van der Waals surface area contributed by atoms with Gasteiger partial charge in [0.05, 0.1) is 6.20 Å². The summed E-state index contributed by atoms with van der Waals surface area (Å²) < 4.78 is 0. The highest BCUT2D eigenvalue weighted by Gasteiger charge is 2.28. The van der Waals surface area contributed by atoms with Crippen molar-refractivity contribution >= 4 is 11.8 Å². The molecule has 0 fully saturated rings. The van der Waals surface area contributed by atoms with Crippen LogP contribution >= 0.6 is 0 Å². The van der Waals surface area contributed by atoms with Crippen LogP contribution in [0, 0.1) is 5.92 Å². The first-order valence-electron chi connectivity index (χ1n) is 10.1. The standard InChI is InChI=1S/C21H31N5O3/c1-23-20(28)17(11-7-12-22)16(15-8-3-2-4-9-15)10-5-6-13-24-21(29)19-25-14-18(27)26-19/h2-4,8-9,14,16-17,27H,5-7,10-13,22H2,1H3,(H,23,28)(H,24,29)(H,25,26). The molecule has 2 rings (SSSR count). The lowest BCUT2D eigenvalue weighted by Gasteiger charge is -2.26. The molecule has 2 atom stereocenters. The number of unbranched alkanes of at least 4 members (excludes halogenated alkanes) is 1. The Labute approximate surface area is 171 Å². The number of benzene rings is 1. The number of rotatable bonds is 12. The zero-order valence-electron chi connectivity index (χ0n) is 16.9. The first kappa shape index (κ1) is 22.4. The van der Waals surface area contributed by atoms with E-state index in [9.17, 15) is 14.7 Å². The maximum atomic E-state index is 12.5. The van der Waals surface area contributed by atoms with E-state index < -0.39 is 0 Å². The second kappa shape index (κ2) is 11.9. The van der Waals surface area contributed by atoms with E-state index in [1.165, 1.54) is 6.20 Å². The van der Waals surface area contributed by atoms with Crippen molar-refractivity contribution in [3.8, 4) is 5.88 Å². The van der Waals surface area contributed by atoms with E-state index in [2.05, 4.69) is 32.7 Å². The Morgan fingerprint density at radius 1 is 1.17 bits per heavy atom. The van der Waals surface area contributed by atoms with E-state index >= 15 is 0 Å². The largest absolute Gasteiger partial charge is 0.493 e. The molecule has 6 N–H and O–H groups in total. The fourth-order valence-electron chi connectivity index (χ4n) is 3.54. The molecule has 0 saturated heterocycles. The highest BCUT2D eigenvalue weighted by atomic mass is 16.3. The number of aromatic amines is 1. The zero-order chi connectivity index (χ0) is 21.1. The van der Waals surface area contributed by atoms with Crippen LogP contribution in [0.3, 0.4) is 0 Å². The van der Waals surface area contributed by atoms with Gasteiger partial charge >= 0.3 is 0 Å². The van der Waals surface area contributed by atoms with Crippen molar-refractivity contribution < 1.29 is 14.7 Å². The number of aromatic hydroxyl groups is 1. The third-order valence-electron chi connectivity index (χ3n) is 5.02. The molecule has 0 aliphatic heterocycles. The molecule has 2 amide bonds. The molecule has 29 heavy (non-hydrogen) atoms. The average molecular weight is 402 g/mol. The predicted octanol–water partition coefficient (Wildman–Crippen LogP) is 1.90. The first-order valence-corrected chi connectivity index (χ1v) is 10.1. The van der Waals surface area contributed by atoms with E-state index in [4.69, 9.17) is 5.73 Å². The fraction of sp³-hybridized carbons (Fsp3) is 0.476. The average Bonchev–Trinajstić information content (AvgIpc) is 3.18. The van der Waals surface area contributed by atoms with Gasteiger partial charge in [-0.1, -0.05) is 36.8 Å². The molecule has 0 radical (unpaired) electrons. The van der Waals surface area contributed by atoms with Gasteiger partial charge in [0.2, 0.25) is 11.8 Å². The van der Waals surface area contributed by atoms with E-state index in [1.807, 2.05) is 18.2 Å². The molecule has 0 bridgehead atoms. The summed E-state index contributed by atoms with van der Waals surface area (Å²) in [6.07, 6.45) is 5.21. The van der Waals surface area contributed by atoms with Gasteiger partial charge in [0.15, 0.2) is 5.82 Å². The minimum atomic E-state index is -0.351. The van der Waals surface area contributed by atoms with Crippen LogP contribution in [-0.2, 0) is 4.79 Å². The van der Waals surface area contributed by atoms with Crippen LogP contribution < -0.4 is 16.4 Å².